The Balaban J connectivity index is 1.69. The minimum atomic E-state index is -3.95. The number of aromatic nitrogens is 3. The van der Waals surface area contributed by atoms with Crippen LogP contribution in [0.4, 0.5) is 0 Å². The third-order valence-electron chi connectivity index (χ3n) is 6.42. The van der Waals surface area contributed by atoms with Crippen molar-refractivity contribution in [1.82, 2.24) is 19.1 Å². The maximum Gasteiger partial charge on any atom is 0.245 e. The molecule has 0 N–H and O–H groups in total. The topological polar surface area (TPSA) is 91.9 Å². The van der Waals surface area contributed by atoms with E-state index in [1.165, 1.54) is 23.2 Å². The van der Waals surface area contributed by atoms with Crippen molar-refractivity contribution < 1.29 is 8.42 Å². The zero-order valence-corrected chi connectivity index (χ0v) is 17.9. The number of benzene rings is 2. The normalized spacial score (nSPS) is 19.4. The summed E-state index contributed by atoms with van der Waals surface area (Å²) in [5, 5.41) is 18.1. The van der Waals surface area contributed by atoms with E-state index in [1.54, 1.807) is 24.5 Å². The predicted octanol–water partition coefficient (Wildman–Crippen LogP) is 3.96. The van der Waals surface area contributed by atoms with Gasteiger partial charge in [-0.15, -0.1) is 10.2 Å². The molecule has 31 heavy (non-hydrogen) atoms. The summed E-state index contributed by atoms with van der Waals surface area (Å²) in [7, 11) is -3.95. The average Bonchev–Trinajstić information content (AvgIpc) is 3.46. The smallest absolute Gasteiger partial charge is 0.245 e. The Hall–Kier alpha value is -3.02. The van der Waals surface area contributed by atoms with Gasteiger partial charge in [0.25, 0.3) is 0 Å². The minimum absolute atomic E-state index is 0.0411. The Morgan fingerprint density at radius 2 is 1.81 bits per heavy atom. The van der Waals surface area contributed by atoms with Crippen LogP contribution in [0.5, 0.6) is 0 Å². The molecule has 2 heterocycles. The molecule has 0 spiro atoms. The first kappa shape index (κ1) is 19.9. The molecule has 1 aliphatic heterocycles. The summed E-state index contributed by atoms with van der Waals surface area (Å²) >= 11 is 0. The van der Waals surface area contributed by atoms with Crippen LogP contribution in [0, 0.1) is 17.2 Å². The summed E-state index contributed by atoms with van der Waals surface area (Å²) < 4.78 is 31.4. The van der Waals surface area contributed by atoms with Gasteiger partial charge < -0.3 is 0 Å². The van der Waals surface area contributed by atoms with Crippen LogP contribution in [-0.4, -0.2) is 27.5 Å². The summed E-state index contributed by atoms with van der Waals surface area (Å²) in [4.78, 5) is 0.0411. The summed E-state index contributed by atoms with van der Waals surface area (Å²) in [6, 6.07) is 15.7. The number of para-hydroxylation sites is 1. The van der Waals surface area contributed by atoms with Gasteiger partial charge in [-0.25, -0.2) is 8.42 Å². The van der Waals surface area contributed by atoms with Gasteiger partial charge in [0.1, 0.15) is 12.4 Å². The number of nitrogens with zero attached hydrogens (tertiary/aromatic N) is 5. The highest BCUT2D eigenvalue weighted by Crippen LogP contribution is 2.41. The van der Waals surface area contributed by atoms with Gasteiger partial charge in [-0.2, -0.15) is 9.57 Å². The van der Waals surface area contributed by atoms with Crippen molar-refractivity contribution in [3.63, 3.8) is 0 Å². The average molecular weight is 434 g/mol. The van der Waals surface area contributed by atoms with Gasteiger partial charge in [0, 0.05) is 6.54 Å². The van der Waals surface area contributed by atoms with Crippen LogP contribution in [0.2, 0.25) is 0 Å². The fourth-order valence-electron chi connectivity index (χ4n) is 4.89. The molecule has 1 atom stereocenters. The van der Waals surface area contributed by atoms with E-state index in [2.05, 4.69) is 10.2 Å². The maximum atomic E-state index is 14.0. The van der Waals surface area contributed by atoms with E-state index in [0.717, 1.165) is 24.1 Å². The minimum Gasteiger partial charge on any atom is -0.284 e. The number of nitriles is 1. The molecule has 0 saturated heterocycles. The molecule has 3 aromatic rings. The van der Waals surface area contributed by atoms with Crippen molar-refractivity contribution in [3.05, 3.63) is 71.8 Å². The van der Waals surface area contributed by atoms with Crippen LogP contribution in [0.1, 0.15) is 55.1 Å². The van der Waals surface area contributed by atoms with E-state index in [1.807, 2.05) is 34.9 Å². The molecule has 7 nitrogen and oxygen atoms in total. The fraction of sp³-hybridized carbons (Fsp3) is 0.348. The first-order valence-electron chi connectivity index (χ1n) is 10.6. The molecule has 1 saturated carbocycles. The molecule has 2 aliphatic rings. The number of sulfonamides is 1. The van der Waals surface area contributed by atoms with E-state index in [4.69, 9.17) is 0 Å². The Bertz CT molecular complexity index is 1250. The van der Waals surface area contributed by atoms with Crippen molar-refractivity contribution in [2.45, 2.75) is 49.6 Å². The molecular formula is C23H23N5O2S. The Morgan fingerprint density at radius 1 is 1.06 bits per heavy atom. The zero-order chi connectivity index (χ0) is 21.4. The van der Waals surface area contributed by atoms with Crippen LogP contribution in [0.25, 0.3) is 5.69 Å². The molecule has 1 fully saturated rings. The molecule has 5 rings (SSSR count). The molecular weight excluding hydrogens is 410 g/mol. The van der Waals surface area contributed by atoms with E-state index in [0.29, 0.717) is 18.2 Å². The van der Waals surface area contributed by atoms with E-state index in [-0.39, 0.29) is 17.0 Å². The third kappa shape index (κ3) is 3.44. The third-order valence-corrected chi connectivity index (χ3v) is 8.34. The predicted molar refractivity (Wildman–Crippen MR) is 115 cm³/mol. The number of rotatable bonds is 4. The lowest BCUT2D eigenvalue weighted by Crippen LogP contribution is -2.35. The summed E-state index contributed by atoms with van der Waals surface area (Å²) in [6.07, 6.45) is 6.90. The van der Waals surface area contributed by atoms with Gasteiger partial charge in [0.05, 0.1) is 22.2 Å². The standard InChI is InChI=1S/C23H23N5O2S/c24-14-18-9-4-6-12-22(18)31(29,30)28-15-19-10-3-5-11-20(19)27-16-25-26-23(27)21(28)13-17-7-1-2-8-17/h3-6,9-12,16-17,21H,1-2,7-8,13,15H2. The quantitative estimate of drug-likeness (QED) is 0.621. The highest BCUT2D eigenvalue weighted by atomic mass is 32.2. The van der Waals surface area contributed by atoms with Crippen LogP contribution in [0.15, 0.2) is 59.8 Å². The van der Waals surface area contributed by atoms with Crippen molar-refractivity contribution >= 4 is 10.0 Å². The molecule has 1 unspecified atom stereocenters. The molecule has 0 bridgehead atoms. The summed E-state index contributed by atoms with van der Waals surface area (Å²) in [5.74, 6) is 1.08. The Labute approximate surface area is 182 Å². The number of hydrogen-bond acceptors (Lipinski definition) is 5. The number of fused-ring (bicyclic) bond motifs is 3. The summed E-state index contributed by atoms with van der Waals surface area (Å²) in [5.41, 5.74) is 1.93. The maximum absolute atomic E-state index is 14.0. The first-order valence-corrected chi connectivity index (χ1v) is 12.0. The van der Waals surface area contributed by atoms with Crippen molar-refractivity contribution in [2.24, 2.45) is 5.92 Å². The first-order chi connectivity index (χ1) is 15.1. The SMILES string of the molecule is N#Cc1ccccc1S(=O)(=O)N1Cc2ccccc2-n2cnnc2C1CC1CCCC1. The molecule has 1 aliphatic carbocycles. The van der Waals surface area contributed by atoms with Gasteiger partial charge in [-0.3, -0.25) is 4.57 Å². The highest BCUT2D eigenvalue weighted by Gasteiger charge is 2.40. The van der Waals surface area contributed by atoms with Crippen LogP contribution < -0.4 is 0 Å². The van der Waals surface area contributed by atoms with E-state index >= 15 is 0 Å². The lowest BCUT2D eigenvalue weighted by Gasteiger charge is -2.30. The van der Waals surface area contributed by atoms with Gasteiger partial charge >= 0.3 is 0 Å². The van der Waals surface area contributed by atoms with Crippen LogP contribution >= 0.6 is 0 Å². The number of hydrogen-bond donors (Lipinski definition) is 0. The lowest BCUT2D eigenvalue weighted by molar-refractivity contribution is 0.259. The van der Waals surface area contributed by atoms with E-state index < -0.39 is 16.1 Å². The lowest BCUT2D eigenvalue weighted by atomic mass is 9.98. The Kier molecular flexibility index (Phi) is 5.08. The van der Waals surface area contributed by atoms with Crippen LogP contribution in [-0.2, 0) is 16.6 Å². The van der Waals surface area contributed by atoms with Gasteiger partial charge in [0.15, 0.2) is 5.82 Å². The van der Waals surface area contributed by atoms with Crippen LogP contribution in [0.3, 0.4) is 0 Å². The molecule has 8 heteroatoms. The molecule has 158 valence electrons. The van der Waals surface area contributed by atoms with Gasteiger partial charge in [0.2, 0.25) is 10.0 Å². The van der Waals surface area contributed by atoms with Crippen molar-refractivity contribution in [3.8, 4) is 11.8 Å². The molecule has 2 aromatic carbocycles. The van der Waals surface area contributed by atoms with Gasteiger partial charge in [-0.1, -0.05) is 56.0 Å². The second-order valence-corrected chi connectivity index (χ2v) is 10.1. The van der Waals surface area contributed by atoms with E-state index in [9.17, 15) is 13.7 Å². The molecule has 0 radical (unpaired) electrons. The van der Waals surface area contributed by atoms with Crippen molar-refractivity contribution in [1.29, 1.82) is 5.26 Å². The molecule has 1 aromatic heterocycles. The highest BCUT2D eigenvalue weighted by molar-refractivity contribution is 7.89. The zero-order valence-electron chi connectivity index (χ0n) is 17.1. The summed E-state index contributed by atoms with van der Waals surface area (Å²) in [6.45, 7) is 0.221. The second-order valence-electron chi connectivity index (χ2n) is 8.25. The van der Waals surface area contributed by atoms with Gasteiger partial charge in [-0.05, 0) is 36.1 Å². The van der Waals surface area contributed by atoms with Crippen molar-refractivity contribution in [2.75, 3.05) is 0 Å². The second kappa shape index (κ2) is 7.91. The largest absolute Gasteiger partial charge is 0.284 e. The fourth-order valence-corrected chi connectivity index (χ4v) is 6.61. The monoisotopic (exact) mass is 433 g/mol. The Morgan fingerprint density at radius 3 is 2.61 bits per heavy atom. The molecule has 0 amide bonds.